The van der Waals surface area contributed by atoms with E-state index >= 15 is 0 Å². The maximum absolute atomic E-state index is 12.8. The number of rotatable bonds is 5. The average molecular weight is 407 g/mol. The molecule has 0 spiro atoms. The number of carbonyl (C=O) groups excluding carboxylic acids is 2. The molecule has 4 rings (SSSR count). The van der Waals surface area contributed by atoms with Gasteiger partial charge in [0, 0.05) is 63.1 Å². The number of piperazine rings is 1. The highest BCUT2D eigenvalue weighted by atomic mass is 35.5. The van der Waals surface area contributed by atoms with Crippen LogP contribution in [-0.4, -0.2) is 98.6 Å². The van der Waals surface area contributed by atoms with Crippen molar-refractivity contribution in [2.24, 2.45) is 0 Å². The zero-order valence-electron chi connectivity index (χ0n) is 16.1. The van der Waals surface area contributed by atoms with Crippen molar-refractivity contribution in [3.05, 3.63) is 28.8 Å². The maximum atomic E-state index is 12.8. The first-order valence-electron chi connectivity index (χ1n) is 9.99. The molecule has 152 valence electrons. The molecule has 0 saturated carbocycles. The minimum atomic E-state index is -0.0326. The molecule has 1 aromatic rings. The lowest BCUT2D eigenvalue weighted by atomic mass is 10.2. The number of amides is 2. The summed E-state index contributed by atoms with van der Waals surface area (Å²) in [5.74, 6) is -0.0151. The van der Waals surface area contributed by atoms with Crippen molar-refractivity contribution in [2.45, 2.75) is 6.42 Å². The van der Waals surface area contributed by atoms with Gasteiger partial charge in [0.2, 0.25) is 11.8 Å². The van der Waals surface area contributed by atoms with Crippen LogP contribution in [0.4, 0.5) is 5.69 Å². The van der Waals surface area contributed by atoms with E-state index in [-0.39, 0.29) is 18.4 Å². The molecule has 28 heavy (non-hydrogen) atoms. The van der Waals surface area contributed by atoms with Crippen molar-refractivity contribution >= 4 is 29.1 Å². The molecule has 0 bridgehead atoms. The summed E-state index contributed by atoms with van der Waals surface area (Å²) in [4.78, 5) is 33.4. The van der Waals surface area contributed by atoms with Crippen LogP contribution in [0.3, 0.4) is 0 Å². The van der Waals surface area contributed by atoms with Gasteiger partial charge in [-0.1, -0.05) is 11.6 Å². The van der Waals surface area contributed by atoms with E-state index in [9.17, 15) is 9.59 Å². The van der Waals surface area contributed by atoms with Crippen LogP contribution in [0.2, 0.25) is 5.02 Å². The number of halogens is 1. The fourth-order valence-corrected chi connectivity index (χ4v) is 4.28. The quantitative estimate of drug-likeness (QED) is 0.720. The Morgan fingerprint density at radius 1 is 1.00 bits per heavy atom. The highest BCUT2D eigenvalue weighted by molar-refractivity contribution is 6.31. The molecule has 1 aromatic carbocycles. The number of nitrogens with zero attached hydrogens (tertiary/aromatic N) is 4. The fourth-order valence-electron chi connectivity index (χ4n) is 4.09. The van der Waals surface area contributed by atoms with Gasteiger partial charge in [-0.05, 0) is 23.8 Å². The zero-order chi connectivity index (χ0) is 19.5. The maximum Gasteiger partial charge on any atom is 0.242 e. The third kappa shape index (κ3) is 4.49. The highest BCUT2D eigenvalue weighted by Crippen LogP contribution is 2.31. The molecule has 3 heterocycles. The molecule has 3 aliphatic rings. The number of fused-ring (bicyclic) bond motifs is 1. The van der Waals surface area contributed by atoms with Crippen LogP contribution in [0.1, 0.15) is 5.56 Å². The summed E-state index contributed by atoms with van der Waals surface area (Å²) in [7, 11) is 0. The molecule has 2 saturated heterocycles. The second-order valence-corrected chi connectivity index (χ2v) is 8.04. The molecule has 0 N–H and O–H groups in total. The summed E-state index contributed by atoms with van der Waals surface area (Å²) in [6.45, 7) is 9.08. The Morgan fingerprint density at radius 2 is 1.68 bits per heavy atom. The van der Waals surface area contributed by atoms with Gasteiger partial charge in [-0.2, -0.15) is 0 Å². The van der Waals surface area contributed by atoms with E-state index in [1.165, 1.54) is 0 Å². The first-order valence-corrected chi connectivity index (χ1v) is 10.4. The normalized spacial score (nSPS) is 21.2. The average Bonchev–Trinajstić information content (AvgIpc) is 3.01. The predicted molar refractivity (Wildman–Crippen MR) is 108 cm³/mol. The standard InChI is InChI=1S/C20H27ClN4O3/c21-17-1-2-18-16(13-17)14-19(26)25(18)15-20(27)24-7-5-22(6-8-24)3-4-23-9-11-28-12-10-23/h1-2,13H,3-12,14-15H2. The number of ether oxygens (including phenoxy) is 1. The van der Waals surface area contributed by atoms with Gasteiger partial charge in [0.1, 0.15) is 6.54 Å². The predicted octanol–water partition coefficient (Wildman–Crippen LogP) is 0.706. The third-order valence-electron chi connectivity index (χ3n) is 5.83. The van der Waals surface area contributed by atoms with Crippen LogP contribution in [0.5, 0.6) is 0 Å². The van der Waals surface area contributed by atoms with Crippen LogP contribution in [0.15, 0.2) is 18.2 Å². The summed E-state index contributed by atoms with van der Waals surface area (Å²) >= 11 is 6.02. The molecule has 7 nitrogen and oxygen atoms in total. The minimum Gasteiger partial charge on any atom is -0.379 e. The van der Waals surface area contributed by atoms with Gasteiger partial charge in [0.05, 0.1) is 19.6 Å². The second-order valence-electron chi connectivity index (χ2n) is 7.61. The minimum absolute atomic E-state index is 0.0176. The van der Waals surface area contributed by atoms with E-state index in [0.717, 1.165) is 76.8 Å². The number of hydrogen-bond donors (Lipinski definition) is 0. The Labute approximate surface area is 170 Å². The molecule has 0 unspecified atom stereocenters. The molecule has 0 aliphatic carbocycles. The van der Waals surface area contributed by atoms with E-state index in [0.29, 0.717) is 11.4 Å². The Kier molecular flexibility index (Phi) is 6.16. The molecule has 2 amide bonds. The third-order valence-corrected chi connectivity index (χ3v) is 6.06. The lowest BCUT2D eigenvalue weighted by molar-refractivity contribution is -0.132. The molecule has 0 aromatic heterocycles. The number of benzene rings is 1. The fraction of sp³-hybridized carbons (Fsp3) is 0.600. The highest BCUT2D eigenvalue weighted by Gasteiger charge is 2.31. The van der Waals surface area contributed by atoms with Gasteiger partial charge >= 0.3 is 0 Å². The first-order chi connectivity index (χ1) is 13.6. The van der Waals surface area contributed by atoms with Crippen LogP contribution in [-0.2, 0) is 20.7 Å². The van der Waals surface area contributed by atoms with Crippen molar-refractivity contribution in [1.82, 2.24) is 14.7 Å². The van der Waals surface area contributed by atoms with Gasteiger partial charge in [0.25, 0.3) is 0 Å². The van der Waals surface area contributed by atoms with Crippen LogP contribution in [0, 0.1) is 0 Å². The van der Waals surface area contributed by atoms with E-state index in [1.807, 2.05) is 17.0 Å². The van der Waals surface area contributed by atoms with Gasteiger partial charge in [0.15, 0.2) is 0 Å². The van der Waals surface area contributed by atoms with Gasteiger partial charge in [-0.15, -0.1) is 0 Å². The smallest absolute Gasteiger partial charge is 0.242 e. The van der Waals surface area contributed by atoms with Crippen molar-refractivity contribution in [3.8, 4) is 0 Å². The Bertz CT molecular complexity index is 730. The second kappa shape index (κ2) is 8.78. The number of carbonyl (C=O) groups is 2. The monoisotopic (exact) mass is 406 g/mol. The van der Waals surface area contributed by atoms with E-state index in [1.54, 1.807) is 11.0 Å². The van der Waals surface area contributed by atoms with Crippen molar-refractivity contribution in [3.63, 3.8) is 0 Å². The number of hydrogen-bond acceptors (Lipinski definition) is 5. The molecular formula is C20H27ClN4O3. The molecule has 3 aliphatic heterocycles. The summed E-state index contributed by atoms with van der Waals surface area (Å²) < 4.78 is 5.39. The summed E-state index contributed by atoms with van der Waals surface area (Å²) in [5.41, 5.74) is 1.71. The van der Waals surface area contributed by atoms with Crippen molar-refractivity contribution in [2.75, 3.05) is 77.0 Å². The van der Waals surface area contributed by atoms with E-state index in [4.69, 9.17) is 16.3 Å². The van der Waals surface area contributed by atoms with Crippen molar-refractivity contribution < 1.29 is 14.3 Å². The van der Waals surface area contributed by atoms with Gasteiger partial charge in [-0.3, -0.25) is 19.4 Å². The van der Waals surface area contributed by atoms with Crippen LogP contribution < -0.4 is 4.90 Å². The summed E-state index contributed by atoms with van der Waals surface area (Å²) in [5, 5.41) is 0.618. The lowest BCUT2D eigenvalue weighted by Gasteiger charge is -2.37. The Morgan fingerprint density at radius 3 is 2.39 bits per heavy atom. The molecular weight excluding hydrogens is 380 g/mol. The summed E-state index contributed by atoms with van der Waals surface area (Å²) in [6, 6.07) is 5.41. The molecule has 8 heteroatoms. The van der Waals surface area contributed by atoms with E-state index in [2.05, 4.69) is 9.80 Å². The number of anilines is 1. The Balaban J connectivity index is 1.25. The zero-order valence-corrected chi connectivity index (χ0v) is 16.9. The SMILES string of the molecule is O=C(CN1C(=O)Cc2cc(Cl)ccc21)N1CCN(CCN2CCOCC2)CC1. The van der Waals surface area contributed by atoms with E-state index < -0.39 is 0 Å². The molecule has 0 atom stereocenters. The van der Waals surface area contributed by atoms with Crippen molar-refractivity contribution in [1.29, 1.82) is 0 Å². The van der Waals surface area contributed by atoms with Gasteiger partial charge < -0.3 is 14.5 Å². The summed E-state index contributed by atoms with van der Waals surface area (Å²) in [6.07, 6.45) is 0.318. The topological polar surface area (TPSA) is 56.3 Å². The lowest BCUT2D eigenvalue weighted by Crippen LogP contribution is -2.53. The largest absolute Gasteiger partial charge is 0.379 e. The molecule has 2 fully saturated rings. The van der Waals surface area contributed by atoms with Crippen LogP contribution >= 0.6 is 11.6 Å². The van der Waals surface area contributed by atoms with Gasteiger partial charge in [-0.25, -0.2) is 0 Å². The van der Waals surface area contributed by atoms with Crippen LogP contribution in [0.25, 0.3) is 0 Å². The number of morpholine rings is 1. The molecule has 0 radical (unpaired) electrons. The first kappa shape index (κ1) is 19.6. The Hall–Kier alpha value is -1.67.